The summed E-state index contributed by atoms with van der Waals surface area (Å²) in [6.45, 7) is 4.86. The van der Waals surface area contributed by atoms with Gasteiger partial charge in [0, 0.05) is 17.9 Å². The van der Waals surface area contributed by atoms with Crippen LogP contribution >= 0.6 is 0 Å². The van der Waals surface area contributed by atoms with Gasteiger partial charge in [0.05, 0.1) is 11.9 Å². The number of nitrogens with one attached hydrogen (secondary N) is 1. The molecule has 0 saturated carbocycles. The highest BCUT2D eigenvalue weighted by atomic mass is 16.2. The highest BCUT2D eigenvalue weighted by Crippen LogP contribution is 2.29. The molecule has 3 aromatic rings. The number of amides is 1. The molecule has 1 N–H and O–H groups in total. The maximum Gasteiger partial charge on any atom is 0.276 e. The van der Waals surface area contributed by atoms with Crippen molar-refractivity contribution in [1.29, 1.82) is 0 Å². The second-order valence-corrected chi connectivity index (χ2v) is 6.71. The predicted octanol–water partition coefficient (Wildman–Crippen LogP) is 4.64. The van der Waals surface area contributed by atoms with Crippen molar-refractivity contribution >= 4 is 23.0 Å². The first-order valence-corrected chi connectivity index (χ1v) is 8.82. The van der Waals surface area contributed by atoms with Gasteiger partial charge >= 0.3 is 0 Å². The molecule has 0 radical (unpaired) electrons. The lowest BCUT2D eigenvalue weighted by Gasteiger charge is -2.17. The van der Waals surface area contributed by atoms with Crippen LogP contribution in [0.3, 0.4) is 0 Å². The Kier molecular flexibility index (Phi) is 4.17. The molecule has 0 fully saturated rings. The van der Waals surface area contributed by atoms with Crippen molar-refractivity contribution in [2.75, 3.05) is 16.8 Å². The van der Waals surface area contributed by atoms with Gasteiger partial charge in [0.25, 0.3) is 5.91 Å². The number of carbonyl (C=O) groups is 1. The fraction of sp³-hybridized carbons (Fsp3) is 0.182. The van der Waals surface area contributed by atoms with Crippen molar-refractivity contribution in [2.45, 2.75) is 20.3 Å². The summed E-state index contributed by atoms with van der Waals surface area (Å²) >= 11 is 0. The van der Waals surface area contributed by atoms with Gasteiger partial charge < -0.3 is 10.2 Å². The van der Waals surface area contributed by atoms with E-state index in [1.165, 1.54) is 16.7 Å². The maximum absolute atomic E-state index is 12.8. The van der Waals surface area contributed by atoms with E-state index in [1.807, 2.05) is 29.2 Å². The zero-order chi connectivity index (χ0) is 18.1. The van der Waals surface area contributed by atoms with E-state index in [0.29, 0.717) is 12.2 Å². The van der Waals surface area contributed by atoms with E-state index in [-0.39, 0.29) is 5.91 Å². The van der Waals surface area contributed by atoms with Crippen LogP contribution in [0.25, 0.3) is 0 Å². The van der Waals surface area contributed by atoms with E-state index in [2.05, 4.69) is 48.4 Å². The number of para-hydroxylation sites is 1. The summed E-state index contributed by atoms with van der Waals surface area (Å²) in [7, 11) is 0. The van der Waals surface area contributed by atoms with Gasteiger partial charge in [-0.05, 0) is 55.7 Å². The van der Waals surface area contributed by atoms with Crippen LogP contribution in [0.15, 0.2) is 60.8 Å². The molecule has 2 heterocycles. The monoisotopic (exact) mass is 343 g/mol. The number of nitrogens with zero attached hydrogens (tertiary/aromatic N) is 2. The lowest BCUT2D eigenvalue weighted by molar-refractivity contribution is 0.0984. The number of rotatable bonds is 3. The average Bonchev–Trinajstić information content (AvgIpc) is 3.08. The first-order valence-electron chi connectivity index (χ1n) is 8.82. The van der Waals surface area contributed by atoms with E-state index < -0.39 is 0 Å². The van der Waals surface area contributed by atoms with Gasteiger partial charge in [-0.2, -0.15) is 0 Å². The fourth-order valence-electron chi connectivity index (χ4n) is 3.39. The van der Waals surface area contributed by atoms with Crippen LogP contribution in [0.5, 0.6) is 0 Å². The topological polar surface area (TPSA) is 45.2 Å². The van der Waals surface area contributed by atoms with Crippen molar-refractivity contribution in [3.05, 3.63) is 83.2 Å². The zero-order valence-corrected chi connectivity index (χ0v) is 15.0. The Hall–Kier alpha value is -3.14. The van der Waals surface area contributed by atoms with Crippen LogP contribution in [0.4, 0.5) is 17.1 Å². The number of aromatic nitrogens is 1. The number of benzene rings is 2. The lowest BCUT2D eigenvalue weighted by atomic mass is 10.1. The quantitative estimate of drug-likeness (QED) is 0.753. The third-order valence-corrected chi connectivity index (χ3v) is 4.78. The highest BCUT2D eigenvalue weighted by Gasteiger charge is 2.25. The van der Waals surface area contributed by atoms with Gasteiger partial charge in [-0.15, -0.1) is 0 Å². The minimum Gasteiger partial charge on any atom is -0.354 e. The summed E-state index contributed by atoms with van der Waals surface area (Å²) in [6, 6.07) is 18.0. The Morgan fingerprint density at radius 2 is 1.92 bits per heavy atom. The van der Waals surface area contributed by atoms with E-state index in [0.717, 1.165) is 23.5 Å². The molecule has 0 atom stereocenters. The van der Waals surface area contributed by atoms with Crippen molar-refractivity contribution in [1.82, 2.24) is 4.98 Å². The lowest BCUT2D eigenvalue weighted by Crippen LogP contribution is -2.29. The molecule has 4 nitrogen and oxygen atoms in total. The molecule has 2 aromatic carbocycles. The van der Waals surface area contributed by atoms with Gasteiger partial charge in [-0.1, -0.05) is 35.9 Å². The molecule has 1 aliphatic heterocycles. The van der Waals surface area contributed by atoms with Crippen molar-refractivity contribution < 1.29 is 4.79 Å². The SMILES string of the molecule is Cc1ccc(Nc2ccc(C(=O)N3CCc4ccccc43)nc2)c(C)c1. The molecule has 1 aromatic heterocycles. The third-order valence-electron chi connectivity index (χ3n) is 4.78. The molecule has 1 amide bonds. The van der Waals surface area contributed by atoms with Gasteiger partial charge in [0.15, 0.2) is 0 Å². The molecule has 0 bridgehead atoms. The van der Waals surface area contributed by atoms with Crippen LogP contribution in [-0.4, -0.2) is 17.4 Å². The molecule has 26 heavy (non-hydrogen) atoms. The number of pyridine rings is 1. The summed E-state index contributed by atoms with van der Waals surface area (Å²) in [5, 5.41) is 3.36. The zero-order valence-electron chi connectivity index (χ0n) is 15.0. The van der Waals surface area contributed by atoms with E-state index >= 15 is 0 Å². The van der Waals surface area contributed by atoms with Crippen molar-refractivity contribution in [3.63, 3.8) is 0 Å². The number of hydrogen-bond acceptors (Lipinski definition) is 3. The normalized spacial score (nSPS) is 12.8. The molecular weight excluding hydrogens is 322 g/mol. The number of anilines is 3. The van der Waals surface area contributed by atoms with Crippen LogP contribution in [0, 0.1) is 13.8 Å². The maximum atomic E-state index is 12.8. The predicted molar refractivity (Wildman–Crippen MR) is 105 cm³/mol. The molecule has 1 aliphatic rings. The summed E-state index contributed by atoms with van der Waals surface area (Å²) in [5.74, 6) is -0.0481. The molecule has 4 heteroatoms. The Bertz CT molecular complexity index is 963. The minimum atomic E-state index is -0.0481. The fourth-order valence-corrected chi connectivity index (χ4v) is 3.39. The Labute approximate surface area is 153 Å². The van der Waals surface area contributed by atoms with Crippen molar-refractivity contribution in [2.24, 2.45) is 0 Å². The smallest absolute Gasteiger partial charge is 0.276 e. The molecule has 0 spiro atoms. The van der Waals surface area contributed by atoms with Crippen molar-refractivity contribution in [3.8, 4) is 0 Å². The summed E-state index contributed by atoms with van der Waals surface area (Å²) in [5.41, 5.74) is 7.01. The minimum absolute atomic E-state index is 0.0481. The van der Waals surface area contributed by atoms with Gasteiger partial charge in [-0.3, -0.25) is 4.79 Å². The molecule has 130 valence electrons. The van der Waals surface area contributed by atoms with E-state index in [1.54, 1.807) is 12.3 Å². The molecule has 0 unspecified atom stereocenters. The average molecular weight is 343 g/mol. The largest absolute Gasteiger partial charge is 0.354 e. The molecule has 0 saturated heterocycles. The second kappa shape index (κ2) is 6.64. The van der Waals surface area contributed by atoms with E-state index in [4.69, 9.17) is 0 Å². The second-order valence-electron chi connectivity index (χ2n) is 6.71. The number of fused-ring (bicyclic) bond motifs is 1. The first kappa shape index (κ1) is 16.3. The Morgan fingerprint density at radius 1 is 1.08 bits per heavy atom. The van der Waals surface area contributed by atoms with Crippen LogP contribution in [0.1, 0.15) is 27.2 Å². The molecule has 4 rings (SSSR count). The third kappa shape index (κ3) is 3.06. The Morgan fingerprint density at radius 3 is 2.69 bits per heavy atom. The number of aryl methyl sites for hydroxylation is 2. The van der Waals surface area contributed by atoms with Gasteiger partial charge in [0.1, 0.15) is 5.69 Å². The van der Waals surface area contributed by atoms with E-state index in [9.17, 15) is 4.79 Å². The van der Waals surface area contributed by atoms with Crippen LogP contribution < -0.4 is 10.2 Å². The van der Waals surface area contributed by atoms with Gasteiger partial charge in [-0.25, -0.2) is 4.98 Å². The highest BCUT2D eigenvalue weighted by molar-refractivity contribution is 6.06. The summed E-state index contributed by atoms with van der Waals surface area (Å²) in [4.78, 5) is 19.0. The van der Waals surface area contributed by atoms with Crippen LogP contribution in [0.2, 0.25) is 0 Å². The Balaban J connectivity index is 1.52. The first-order chi connectivity index (χ1) is 12.6. The number of hydrogen-bond donors (Lipinski definition) is 1. The number of carbonyl (C=O) groups excluding carboxylic acids is 1. The summed E-state index contributed by atoms with van der Waals surface area (Å²) in [6.07, 6.45) is 2.61. The molecule has 0 aliphatic carbocycles. The van der Waals surface area contributed by atoms with Gasteiger partial charge in [0.2, 0.25) is 0 Å². The van der Waals surface area contributed by atoms with Crippen LogP contribution in [-0.2, 0) is 6.42 Å². The molecular formula is C22H21N3O. The summed E-state index contributed by atoms with van der Waals surface area (Å²) < 4.78 is 0. The standard InChI is InChI=1S/C22H21N3O/c1-15-7-9-19(16(2)13-15)24-18-8-10-20(23-14-18)22(26)25-12-11-17-5-3-4-6-21(17)25/h3-10,13-14,24H,11-12H2,1-2H3.